The highest BCUT2D eigenvalue weighted by molar-refractivity contribution is 5.82. The van der Waals surface area contributed by atoms with Gasteiger partial charge in [0.15, 0.2) is 0 Å². The molecule has 3 N–H and O–H groups in total. The Labute approximate surface area is 115 Å². The summed E-state index contributed by atoms with van der Waals surface area (Å²) >= 11 is 0. The van der Waals surface area contributed by atoms with Gasteiger partial charge in [-0.05, 0) is 24.7 Å². The lowest BCUT2D eigenvalue weighted by molar-refractivity contribution is -0.139. The molecule has 1 fully saturated rings. The molecule has 1 atom stereocenters. The van der Waals surface area contributed by atoms with Crippen molar-refractivity contribution in [1.29, 1.82) is 0 Å². The van der Waals surface area contributed by atoms with E-state index < -0.39 is 12.0 Å². The largest absolute Gasteiger partial charge is 0.480 e. The Morgan fingerprint density at radius 3 is 2.42 bits per heavy atom. The molecule has 0 aromatic heterocycles. The maximum atomic E-state index is 11.5. The minimum Gasteiger partial charge on any atom is -0.480 e. The normalized spacial score (nSPS) is 24.5. The van der Waals surface area contributed by atoms with Gasteiger partial charge in [0.2, 0.25) is 0 Å². The van der Waals surface area contributed by atoms with E-state index >= 15 is 0 Å². The highest BCUT2D eigenvalue weighted by atomic mass is 16.4. The summed E-state index contributed by atoms with van der Waals surface area (Å²) in [6, 6.07) is -1.17. The number of rotatable bonds is 6. The number of urea groups is 1. The third-order valence-electron chi connectivity index (χ3n) is 3.99. The van der Waals surface area contributed by atoms with Gasteiger partial charge >= 0.3 is 12.0 Å². The summed E-state index contributed by atoms with van der Waals surface area (Å²) < 4.78 is 0. The van der Waals surface area contributed by atoms with Gasteiger partial charge in [0.05, 0.1) is 0 Å². The summed E-state index contributed by atoms with van der Waals surface area (Å²) in [5, 5.41) is 14.0. The fourth-order valence-electron chi connectivity index (χ4n) is 2.56. The summed E-state index contributed by atoms with van der Waals surface area (Å²) in [5.74, 6) is 0.560. The Kier molecular flexibility index (Phi) is 6.67. The summed E-state index contributed by atoms with van der Waals surface area (Å²) in [6.07, 6.45) is 6.45. The molecular formula is C14H26N2O3. The lowest BCUT2D eigenvalue weighted by Crippen LogP contribution is -2.46. The van der Waals surface area contributed by atoms with Crippen LogP contribution in [0.4, 0.5) is 4.79 Å². The molecule has 1 saturated carbocycles. The van der Waals surface area contributed by atoms with Gasteiger partial charge in [-0.25, -0.2) is 9.59 Å². The molecule has 0 saturated heterocycles. The van der Waals surface area contributed by atoms with Crippen LogP contribution in [0.5, 0.6) is 0 Å². The van der Waals surface area contributed by atoms with E-state index in [0.717, 1.165) is 12.3 Å². The fourth-order valence-corrected chi connectivity index (χ4v) is 2.56. The third-order valence-corrected chi connectivity index (χ3v) is 3.99. The van der Waals surface area contributed by atoms with Crippen LogP contribution < -0.4 is 10.6 Å². The van der Waals surface area contributed by atoms with Gasteiger partial charge in [-0.1, -0.05) is 39.5 Å². The Balaban J connectivity index is 2.15. The van der Waals surface area contributed by atoms with Crippen molar-refractivity contribution in [3.05, 3.63) is 0 Å². The number of carboxylic acids is 1. The van der Waals surface area contributed by atoms with Crippen LogP contribution in [-0.4, -0.2) is 29.7 Å². The average Bonchev–Trinajstić information content (AvgIpc) is 2.38. The van der Waals surface area contributed by atoms with Gasteiger partial charge in [-0.2, -0.15) is 0 Å². The Hall–Kier alpha value is -1.26. The molecule has 0 aliphatic heterocycles. The minimum absolute atomic E-state index is 0.376. The molecule has 0 aromatic carbocycles. The number of carbonyl (C=O) groups excluding carboxylic acids is 1. The molecule has 0 aromatic rings. The number of hydrogen-bond acceptors (Lipinski definition) is 2. The van der Waals surface area contributed by atoms with Crippen molar-refractivity contribution < 1.29 is 14.7 Å². The molecule has 5 nitrogen and oxygen atoms in total. The van der Waals surface area contributed by atoms with Gasteiger partial charge < -0.3 is 15.7 Å². The number of amides is 2. The first-order chi connectivity index (χ1) is 9.02. The molecule has 0 heterocycles. The molecular weight excluding hydrogens is 244 g/mol. The van der Waals surface area contributed by atoms with Crippen LogP contribution >= 0.6 is 0 Å². The molecule has 1 aliphatic rings. The van der Waals surface area contributed by atoms with E-state index in [0.29, 0.717) is 18.9 Å². The van der Waals surface area contributed by atoms with Crippen molar-refractivity contribution in [2.24, 2.45) is 11.8 Å². The smallest absolute Gasteiger partial charge is 0.326 e. The fraction of sp³-hybridized carbons (Fsp3) is 0.857. The SMILES string of the molecule is CC[C@H](NC(=O)NCCC1CCC(C)CC1)C(=O)O. The lowest BCUT2D eigenvalue weighted by Gasteiger charge is -2.26. The van der Waals surface area contributed by atoms with Crippen LogP contribution in [-0.2, 0) is 4.79 Å². The molecule has 110 valence electrons. The topological polar surface area (TPSA) is 78.4 Å². The quantitative estimate of drug-likeness (QED) is 0.693. The lowest BCUT2D eigenvalue weighted by atomic mass is 9.81. The van der Waals surface area contributed by atoms with Crippen LogP contribution in [0.2, 0.25) is 0 Å². The number of aliphatic carboxylic acids is 1. The van der Waals surface area contributed by atoms with E-state index in [1.165, 1.54) is 25.7 Å². The van der Waals surface area contributed by atoms with Crippen molar-refractivity contribution in [2.75, 3.05) is 6.54 Å². The van der Waals surface area contributed by atoms with Crippen molar-refractivity contribution in [3.63, 3.8) is 0 Å². The van der Waals surface area contributed by atoms with Gasteiger partial charge in [-0.15, -0.1) is 0 Å². The average molecular weight is 270 g/mol. The van der Waals surface area contributed by atoms with E-state index in [9.17, 15) is 9.59 Å². The van der Waals surface area contributed by atoms with E-state index in [1.807, 2.05) is 0 Å². The molecule has 1 aliphatic carbocycles. The first-order valence-electron chi connectivity index (χ1n) is 7.30. The van der Waals surface area contributed by atoms with Crippen molar-refractivity contribution in [1.82, 2.24) is 10.6 Å². The molecule has 0 bridgehead atoms. The Morgan fingerprint density at radius 2 is 1.89 bits per heavy atom. The Morgan fingerprint density at radius 1 is 1.26 bits per heavy atom. The van der Waals surface area contributed by atoms with Crippen LogP contribution in [0.1, 0.15) is 52.4 Å². The zero-order valence-corrected chi connectivity index (χ0v) is 11.9. The summed E-state index contributed by atoms with van der Waals surface area (Å²) in [6.45, 7) is 4.65. The van der Waals surface area contributed by atoms with Crippen molar-refractivity contribution in [2.45, 2.75) is 58.4 Å². The third kappa shape index (κ3) is 5.94. The predicted molar refractivity (Wildman–Crippen MR) is 74.0 cm³/mol. The van der Waals surface area contributed by atoms with Gasteiger partial charge in [0.1, 0.15) is 6.04 Å². The highest BCUT2D eigenvalue weighted by Gasteiger charge is 2.19. The predicted octanol–water partition coefficient (Wildman–Crippen LogP) is 2.37. The van der Waals surface area contributed by atoms with Gasteiger partial charge in [0, 0.05) is 6.54 Å². The molecule has 1 rings (SSSR count). The number of nitrogens with one attached hydrogen (secondary N) is 2. The first kappa shape index (κ1) is 15.8. The zero-order valence-electron chi connectivity index (χ0n) is 11.9. The summed E-state index contributed by atoms with van der Waals surface area (Å²) in [7, 11) is 0. The second kappa shape index (κ2) is 8.02. The number of carboxylic acid groups (broad SMARTS) is 1. The van der Waals surface area contributed by atoms with Crippen molar-refractivity contribution in [3.8, 4) is 0 Å². The standard InChI is InChI=1S/C14H26N2O3/c1-3-12(13(17)18)16-14(19)15-9-8-11-6-4-10(2)5-7-11/h10-12H,3-9H2,1-2H3,(H,17,18)(H2,15,16,19)/t10?,11?,12-/m0/s1. The molecule has 0 radical (unpaired) electrons. The highest BCUT2D eigenvalue weighted by Crippen LogP contribution is 2.29. The Bertz CT molecular complexity index is 299. The van der Waals surface area contributed by atoms with Crippen LogP contribution in [0.25, 0.3) is 0 Å². The van der Waals surface area contributed by atoms with Crippen molar-refractivity contribution >= 4 is 12.0 Å². The maximum Gasteiger partial charge on any atom is 0.326 e. The maximum absolute atomic E-state index is 11.5. The molecule has 2 amide bonds. The summed E-state index contributed by atoms with van der Waals surface area (Å²) in [5.41, 5.74) is 0. The van der Waals surface area contributed by atoms with Gasteiger partial charge in [0.25, 0.3) is 0 Å². The van der Waals surface area contributed by atoms with Gasteiger partial charge in [-0.3, -0.25) is 0 Å². The van der Waals surface area contributed by atoms with Crippen LogP contribution in [0, 0.1) is 11.8 Å². The van der Waals surface area contributed by atoms with Crippen LogP contribution in [0.3, 0.4) is 0 Å². The van der Waals surface area contributed by atoms with E-state index in [4.69, 9.17) is 5.11 Å². The van der Waals surface area contributed by atoms with E-state index in [1.54, 1.807) is 6.92 Å². The first-order valence-corrected chi connectivity index (χ1v) is 7.30. The molecule has 19 heavy (non-hydrogen) atoms. The molecule has 5 heteroatoms. The number of carbonyl (C=O) groups is 2. The van der Waals surface area contributed by atoms with E-state index in [-0.39, 0.29) is 6.03 Å². The van der Waals surface area contributed by atoms with Crippen LogP contribution in [0.15, 0.2) is 0 Å². The minimum atomic E-state index is -0.987. The van der Waals surface area contributed by atoms with E-state index in [2.05, 4.69) is 17.6 Å². The summed E-state index contributed by atoms with van der Waals surface area (Å²) in [4.78, 5) is 22.3. The monoisotopic (exact) mass is 270 g/mol. The zero-order chi connectivity index (χ0) is 14.3. The molecule has 0 spiro atoms. The number of hydrogen-bond donors (Lipinski definition) is 3. The molecule has 0 unspecified atom stereocenters. The second-order valence-electron chi connectivity index (χ2n) is 5.61. The second-order valence-corrected chi connectivity index (χ2v) is 5.61.